The first kappa shape index (κ1) is 18.4. The lowest BCUT2D eigenvalue weighted by Gasteiger charge is -2.25. The number of carbonyl (C=O) groups is 1. The van der Waals surface area contributed by atoms with E-state index in [4.69, 9.17) is 0 Å². The Hall–Kier alpha value is -2.40. The second-order valence-corrected chi connectivity index (χ2v) is 7.13. The second kappa shape index (κ2) is 8.32. The van der Waals surface area contributed by atoms with Crippen LogP contribution in [0.5, 0.6) is 0 Å². The van der Waals surface area contributed by atoms with Crippen LogP contribution < -0.4 is 5.56 Å². The first-order chi connectivity index (χ1) is 12.5. The minimum absolute atomic E-state index is 0.0126. The van der Waals surface area contributed by atoms with E-state index in [2.05, 4.69) is 36.1 Å². The molecule has 0 radical (unpaired) electrons. The molecule has 1 aromatic heterocycles. The van der Waals surface area contributed by atoms with E-state index < -0.39 is 0 Å². The Kier molecular flexibility index (Phi) is 5.89. The summed E-state index contributed by atoms with van der Waals surface area (Å²) in [5.41, 5.74) is 1.84. The number of aryl methyl sites for hydroxylation is 1. The highest BCUT2D eigenvalue weighted by molar-refractivity contribution is 5.93. The fraction of sp³-hybridized carbons (Fsp3) is 0.429. The summed E-state index contributed by atoms with van der Waals surface area (Å²) in [6, 6.07) is 13.7. The summed E-state index contributed by atoms with van der Waals surface area (Å²) in [5.74, 6) is 0.487. The van der Waals surface area contributed by atoms with Crippen LogP contribution in [-0.2, 0) is 7.05 Å². The molecule has 1 amide bonds. The van der Waals surface area contributed by atoms with Gasteiger partial charge in [-0.25, -0.2) is 0 Å². The van der Waals surface area contributed by atoms with Gasteiger partial charge in [-0.2, -0.15) is 0 Å². The molecule has 0 spiro atoms. The summed E-state index contributed by atoms with van der Waals surface area (Å²) in [6.07, 6.45) is 2.60. The number of hydrogen-bond donors (Lipinski definition) is 0. The van der Waals surface area contributed by atoms with Crippen LogP contribution in [0.2, 0.25) is 0 Å². The normalized spacial score (nSPS) is 16.9. The molecule has 1 atom stereocenters. The third kappa shape index (κ3) is 4.41. The molecule has 1 fully saturated rings. The van der Waals surface area contributed by atoms with Gasteiger partial charge in [0.25, 0.3) is 5.91 Å². The summed E-state index contributed by atoms with van der Waals surface area (Å²) in [4.78, 5) is 28.6. The largest absolute Gasteiger partial charge is 0.337 e. The van der Waals surface area contributed by atoms with Gasteiger partial charge in [0.05, 0.1) is 5.56 Å². The van der Waals surface area contributed by atoms with Gasteiger partial charge in [-0.05, 0) is 30.5 Å². The van der Waals surface area contributed by atoms with E-state index in [0.29, 0.717) is 11.5 Å². The van der Waals surface area contributed by atoms with E-state index in [9.17, 15) is 9.59 Å². The molecule has 0 N–H and O–H groups in total. The zero-order valence-electron chi connectivity index (χ0n) is 15.6. The molecule has 2 aromatic rings. The summed E-state index contributed by atoms with van der Waals surface area (Å²) in [6.45, 7) is 6.64. The van der Waals surface area contributed by atoms with Gasteiger partial charge in [0.2, 0.25) is 5.56 Å². The van der Waals surface area contributed by atoms with Crippen molar-refractivity contribution in [2.24, 2.45) is 7.05 Å². The van der Waals surface area contributed by atoms with E-state index in [1.165, 1.54) is 16.2 Å². The Morgan fingerprint density at radius 1 is 1.04 bits per heavy atom. The predicted molar refractivity (Wildman–Crippen MR) is 104 cm³/mol. The first-order valence-corrected chi connectivity index (χ1v) is 9.28. The molecule has 1 unspecified atom stereocenters. The molecule has 5 nitrogen and oxygen atoms in total. The van der Waals surface area contributed by atoms with Crippen molar-refractivity contribution >= 4 is 5.91 Å². The van der Waals surface area contributed by atoms with E-state index >= 15 is 0 Å². The molecule has 0 bridgehead atoms. The Labute approximate surface area is 154 Å². The molecule has 1 aliphatic rings. The highest BCUT2D eigenvalue weighted by Gasteiger charge is 2.21. The summed E-state index contributed by atoms with van der Waals surface area (Å²) < 4.78 is 1.46. The number of rotatable bonds is 4. The summed E-state index contributed by atoms with van der Waals surface area (Å²) in [7, 11) is 1.67. The van der Waals surface area contributed by atoms with Crippen molar-refractivity contribution in [3.05, 3.63) is 70.1 Å². The lowest BCUT2D eigenvalue weighted by atomic mass is 10.0. The maximum absolute atomic E-state index is 12.8. The second-order valence-electron chi connectivity index (χ2n) is 7.13. The van der Waals surface area contributed by atoms with E-state index in [1.807, 2.05) is 11.0 Å². The number of benzene rings is 1. The lowest BCUT2D eigenvalue weighted by Crippen LogP contribution is -2.36. The predicted octanol–water partition coefficient (Wildman–Crippen LogP) is 2.34. The highest BCUT2D eigenvalue weighted by atomic mass is 16.2. The Morgan fingerprint density at radius 3 is 2.54 bits per heavy atom. The number of pyridine rings is 1. The van der Waals surface area contributed by atoms with Crippen LogP contribution in [0.4, 0.5) is 0 Å². The van der Waals surface area contributed by atoms with Gasteiger partial charge in [0.1, 0.15) is 0 Å². The Bertz CT molecular complexity index is 800. The number of nitrogens with zero attached hydrogens (tertiary/aromatic N) is 3. The number of aromatic nitrogens is 1. The molecule has 138 valence electrons. The van der Waals surface area contributed by atoms with Crippen molar-refractivity contribution < 1.29 is 4.79 Å². The van der Waals surface area contributed by atoms with Crippen LogP contribution in [0, 0.1) is 0 Å². The monoisotopic (exact) mass is 353 g/mol. The van der Waals surface area contributed by atoms with Gasteiger partial charge < -0.3 is 14.4 Å². The number of carbonyl (C=O) groups excluding carboxylic acids is 1. The van der Waals surface area contributed by atoms with Crippen LogP contribution in [-0.4, -0.2) is 53.0 Å². The molecule has 1 saturated heterocycles. The molecule has 1 aliphatic heterocycles. The Morgan fingerprint density at radius 2 is 1.81 bits per heavy atom. The van der Waals surface area contributed by atoms with E-state index in [0.717, 1.165) is 39.1 Å². The van der Waals surface area contributed by atoms with Crippen molar-refractivity contribution in [2.75, 3.05) is 32.7 Å². The third-order valence-corrected chi connectivity index (χ3v) is 5.11. The smallest absolute Gasteiger partial charge is 0.255 e. The molecule has 3 rings (SSSR count). The quantitative estimate of drug-likeness (QED) is 0.848. The van der Waals surface area contributed by atoms with Crippen LogP contribution in [0.1, 0.15) is 35.2 Å². The van der Waals surface area contributed by atoms with E-state index in [1.54, 1.807) is 19.3 Å². The summed E-state index contributed by atoms with van der Waals surface area (Å²) in [5, 5.41) is 0. The SMILES string of the molecule is CC(CN1CCCN(C(=O)c2ccc(=O)n(C)c2)CC1)c1ccccc1. The van der Waals surface area contributed by atoms with Crippen molar-refractivity contribution in [1.29, 1.82) is 0 Å². The average molecular weight is 353 g/mol. The zero-order chi connectivity index (χ0) is 18.5. The minimum atomic E-state index is -0.0986. The van der Waals surface area contributed by atoms with Crippen LogP contribution in [0.25, 0.3) is 0 Å². The minimum Gasteiger partial charge on any atom is -0.337 e. The van der Waals surface area contributed by atoms with Crippen molar-refractivity contribution in [3.63, 3.8) is 0 Å². The zero-order valence-corrected chi connectivity index (χ0v) is 15.6. The molecule has 0 saturated carbocycles. The van der Waals surface area contributed by atoms with E-state index in [-0.39, 0.29) is 11.5 Å². The third-order valence-electron chi connectivity index (χ3n) is 5.11. The first-order valence-electron chi connectivity index (χ1n) is 9.28. The molecule has 5 heteroatoms. The number of amides is 1. The molecular weight excluding hydrogens is 326 g/mol. The average Bonchev–Trinajstić information content (AvgIpc) is 2.89. The topological polar surface area (TPSA) is 45.6 Å². The Balaban J connectivity index is 1.60. The van der Waals surface area contributed by atoms with Crippen LogP contribution in [0.3, 0.4) is 0 Å². The molecule has 0 aliphatic carbocycles. The molecule has 1 aromatic carbocycles. The molecule has 2 heterocycles. The van der Waals surface area contributed by atoms with Crippen molar-refractivity contribution in [3.8, 4) is 0 Å². The van der Waals surface area contributed by atoms with Gasteiger partial charge >= 0.3 is 0 Å². The highest BCUT2D eigenvalue weighted by Crippen LogP contribution is 2.17. The maximum Gasteiger partial charge on any atom is 0.255 e. The standard InChI is InChI=1S/C21H27N3O2/c1-17(18-7-4-3-5-8-18)15-23-11-6-12-24(14-13-23)21(26)19-9-10-20(25)22(2)16-19/h3-5,7-10,16-17H,6,11-15H2,1-2H3. The fourth-order valence-corrected chi connectivity index (χ4v) is 3.53. The summed E-state index contributed by atoms with van der Waals surface area (Å²) >= 11 is 0. The lowest BCUT2D eigenvalue weighted by molar-refractivity contribution is 0.0760. The van der Waals surface area contributed by atoms with Crippen molar-refractivity contribution in [1.82, 2.24) is 14.4 Å². The van der Waals surface area contributed by atoms with Gasteiger partial charge in [0, 0.05) is 45.5 Å². The van der Waals surface area contributed by atoms with Crippen LogP contribution >= 0.6 is 0 Å². The van der Waals surface area contributed by atoms with Gasteiger partial charge in [-0.3, -0.25) is 9.59 Å². The molecular formula is C21H27N3O2. The maximum atomic E-state index is 12.8. The van der Waals surface area contributed by atoms with Crippen LogP contribution in [0.15, 0.2) is 53.5 Å². The van der Waals surface area contributed by atoms with Gasteiger partial charge in [-0.1, -0.05) is 37.3 Å². The number of hydrogen-bond acceptors (Lipinski definition) is 3. The van der Waals surface area contributed by atoms with Gasteiger partial charge in [-0.15, -0.1) is 0 Å². The molecule has 26 heavy (non-hydrogen) atoms. The fourth-order valence-electron chi connectivity index (χ4n) is 3.53. The van der Waals surface area contributed by atoms with Crippen molar-refractivity contribution in [2.45, 2.75) is 19.3 Å². The van der Waals surface area contributed by atoms with Gasteiger partial charge in [0.15, 0.2) is 0 Å².